The highest BCUT2D eigenvalue weighted by atomic mass is 19.1. The Morgan fingerprint density at radius 3 is 2.36 bits per heavy atom. The van der Waals surface area contributed by atoms with Gasteiger partial charge in [0.2, 0.25) is 0 Å². The molecule has 1 saturated heterocycles. The lowest BCUT2D eigenvalue weighted by Gasteiger charge is -2.33. The van der Waals surface area contributed by atoms with Crippen LogP contribution < -0.4 is 4.90 Å². The Kier molecular flexibility index (Phi) is 5.29. The van der Waals surface area contributed by atoms with Crippen molar-refractivity contribution >= 4 is 11.7 Å². The molecule has 148 valence electrons. The van der Waals surface area contributed by atoms with Crippen molar-refractivity contribution in [2.75, 3.05) is 18.0 Å². The number of rotatable bonds is 5. The molecule has 1 aromatic carbocycles. The highest BCUT2D eigenvalue weighted by Gasteiger charge is 2.26. The highest BCUT2D eigenvalue weighted by Crippen LogP contribution is 2.37. The Hall–Kier alpha value is -2.50. The van der Waals surface area contributed by atoms with Crippen LogP contribution in [-0.4, -0.2) is 29.1 Å². The maximum absolute atomic E-state index is 14.8. The van der Waals surface area contributed by atoms with Crippen LogP contribution in [0.25, 0.3) is 11.3 Å². The maximum Gasteiger partial charge on any atom is 0.303 e. The normalized spacial score (nSPS) is 18.1. The van der Waals surface area contributed by atoms with Gasteiger partial charge >= 0.3 is 5.97 Å². The molecule has 28 heavy (non-hydrogen) atoms. The van der Waals surface area contributed by atoms with E-state index in [1.807, 2.05) is 12.1 Å². The van der Waals surface area contributed by atoms with E-state index in [2.05, 4.69) is 4.98 Å². The number of anilines is 1. The number of hydrogen-bond donors (Lipinski definition) is 1. The van der Waals surface area contributed by atoms with Crippen LogP contribution in [0.1, 0.15) is 50.1 Å². The van der Waals surface area contributed by atoms with E-state index in [0.29, 0.717) is 43.1 Å². The smallest absolute Gasteiger partial charge is 0.303 e. The Morgan fingerprint density at radius 2 is 1.79 bits per heavy atom. The van der Waals surface area contributed by atoms with Crippen LogP contribution in [0.5, 0.6) is 0 Å². The predicted molar refractivity (Wildman–Crippen MR) is 103 cm³/mol. The molecule has 0 spiro atoms. The summed E-state index contributed by atoms with van der Waals surface area (Å²) in [4.78, 5) is 17.2. The Labute approximate surface area is 163 Å². The van der Waals surface area contributed by atoms with Gasteiger partial charge in [-0.15, -0.1) is 0 Å². The van der Waals surface area contributed by atoms with Crippen LogP contribution in [0.2, 0.25) is 0 Å². The number of carbonyl (C=O) groups is 1. The third kappa shape index (κ3) is 3.86. The molecule has 1 N–H and O–H groups in total. The summed E-state index contributed by atoms with van der Waals surface area (Å²) in [7, 11) is 0. The quantitative estimate of drug-likeness (QED) is 0.787. The number of piperidine rings is 1. The standard InChI is InChI=1S/C22H24F2N2O2/c23-17-12-16(20-6-2-5-19(25-20)15-3-1-4-15)13-18(24)22(17)26-9-7-14(8-10-26)11-21(27)28/h2,5-6,12-15H,1,3-4,7-11H2,(H,27,28). The van der Waals surface area contributed by atoms with Crippen LogP contribution in [-0.2, 0) is 4.79 Å². The molecule has 4 rings (SSSR count). The Morgan fingerprint density at radius 1 is 1.11 bits per heavy atom. The number of aliphatic carboxylic acids is 1. The average Bonchev–Trinajstić information content (AvgIpc) is 2.61. The van der Waals surface area contributed by atoms with Gasteiger partial charge in [0.15, 0.2) is 0 Å². The molecule has 4 nitrogen and oxygen atoms in total. The molecule has 0 atom stereocenters. The second-order valence-electron chi connectivity index (χ2n) is 7.89. The molecule has 1 aromatic heterocycles. The summed E-state index contributed by atoms with van der Waals surface area (Å²) < 4.78 is 29.6. The molecular formula is C22H24F2N2O2. The van der Waals surface area contributed by atoms with E-state index in [-0.39, 0.29) is 18.0 Å². The zero-order valence-electron chi connectivity index (χ0n) is 15.7. The SMILES string of the molecule is O=C(O)CC1CCN(c2c(F)cc(-c3cccc(C4CCC4)n3)cc2F)CC1. The summed E-state index contributed by atoms with van der Waals surface area (Å²) in [6.45, 7) is 0.918. The van der Waals surface area contributed by atoms with E-state index in [4.69, 9.17) is 5.11 Å². The first-order valence-corrected chi connectivity index (χ1v) is 9.94. The number of pyridine rings is 1. The fourth-order valence-electron chi connectivity index (χ4n) is 4.17. The number of benzene rings is 1. The number of carboxylic acid groups (broad SMARTS) is 1. The van der Waals surface area contributed by atoms with Crippen molar-refractivity contribution in [2.45, 2.75) is 44.4 Å². The van der Waals surface area contributed by atoms with E-state index in [1.165, 1.54) is 18.6 Å². The molecule has 0 bridgehead atoms. The van der Waals surface area contributed by atoms with Crippen molar-refractivity contribution < 1.29 is 18.7 Å². The minimum atomic E-state index is -0.822. The minimum Gasteiger partial charge on any atom is -0.481 e. The van der Waals surface area contributed by atoms with Crippen LogP contribution in [0, 0.1) is 17.6 Å². The summed E-state index contributed by atoms with van der Waals surface area (Å²) in [5.74, 6) is -1.49. The summed E-state index contributed by atoms with van der Waals surface area (Å²) in [5.41, 5.74) is 2.01. The van der Waals surface area contributed by atoms with Crippen LogP contribution in [0.3, 0.4) is 0 Å². The first kappa shape index (κ1) is 18.8. The van der Waals surface area contributed by atoms with Gasteiger partial charge in [0.25, 0.3) is 0 Å². The van der Waals surface area contributed by atoms with E-state index in [1.54, 1.807) is 11.0 Å². The molecule has 2 heterocycles. The van der Waals surface area contributed by atoms with E-state index < -0.39 is 17.6 Å². The zero-order chi connectivity index (χ0) is 19.7. The average molecular weight is 386 g/mol. The Balaban J connectivity index is 1.53. The van der Waals surface area contributed by atoms with Gasteiger partial charge in [-0.3, -0.25) is 9.78 Å². The molecule has 1 aliphatic heterocycles. The monoisotopic (exact) mass is 386 g/mol. The summed E-state index contributed by atoms with van der Waals surface area (Å²) in [6.07, 6.45) is 4.81. The largest absolute Gasteiger partial charge is 0.481 e. The highest BCUT2D eigenvalue weighted by molar-refractivity contribution is 5.67. The Bertz CT molecular complexity index is 852. The minimum absolute atomic E-state index is 0.0207. The lowest BCUT2D eigenvalue weighted by molar-refractivity contribution is -0.138. The third-order valence-corrected chi connectivity index (χ3v) is 6.00. The molecule has 2 aliphatic rings. The van der Waals surface area contributed by atoms with Crippen molar-refractivity contribution in [1.82, 2.24) is 4.98 Å². The molecule has 1 saturated carbocycles. The molecule has 2 aromatic rings. The van der Waals surface area contributed by atoms with Crippen LogP contribution in [0.15, 0.2) is 30.3 Å². The molecule has 0 amide bonds. The fourth-order valence-corrected chi connectivity index (χ4v) is 4.17. The third-order valence-electron chi connectivity index (χ3n) is 6.00. The van der Waals surface area contributed by atoms with Crippen molar-refractivity contribution in [3.8, 4) is 11.3 Å². The number of halogens is 2. The first-order valence-electron chi connectivity index (χ1n) is 9.94. The molecule has 2 fully saturated rings. The van der Waals surface area contributed by atoms with E-state index in [0.717, 1.165) is 18.5 Å². The van der Waals surface area contributed by atoms with Gasteiger partial charge in [0.05, 0.1) is 5.69 Å². The van der Waals surface area contributed by atoms with Crippen molar-refractivity contribution in [1.29, 1.82) is 0 Å². The molecule has 1 aliphatic carbocycles. The molecule has 0 unspecified atom stereocenters. The van der Waals surface area contributed by atoms with Crippen molar-refractivity contribution in [3.05, 3.63) is 47.7 Å². The van der Waals surface area contributed by atoms with Crippen LogP contribution >= 0.6 is 0 Å². The number of aromatic nitrogens is 1. The summed E-state index contributed by atoms with van der Waals surface area (Å²) in [6, 6.07) is 8.37. The van der Waals surface area contributed by atoms with Crippen molar-refractivity contribution in [3.63, 3.8) is 0 Å². The molecular weight excluding hydrogens is 362 g/mol. The van der Waals surface area contributed by atoms with Gasteiger partial charge in [0.1, 0.15) is 17.3 Å². The fraction of sp³-hybridized carbons (Fsp3) is 0.455. The lowest BCUT2D eigenvalue weighted by atomic mass is 9.82. The van der Waals surface area contributed by atoms with Gasteiger partial charge in [-0.1, -0.05) is 12.5 Å². The van der Waals surface area contributed by atoms with Crippen LogP contribution in [0.4, 0.5) is 14.5 Å². The van der Waals surface area contributed by atoms with Gasteiger partial charge in [0, 0.05) is 36.7 Å². The second kappa shape index (κ2) is 7.86. The number of nitrogens with zero attached hydrogens (tertiary/aromatic N) is 2. The molecule has 6 heteroatoms. The van der Waals surface area contributed by atoms with Gasteiger partial charge < -0.3 is 10.0 Å². The van der Waals surface area contributed by atoms with E-state index in [9.17, 15) is 13.6 Å². The van der Waals surface area contributed by atoms with Gasteiger partial charge in [-0.25, -0.2) is 8.78 Å². The number of hydrogen-bond acceptors (Lipinski definition) is 3. The van der Waals surface area contributed by atoms with E-state index >= 15 is 0 Å². The summed E-state index contributed by atoms with van der Waals surface area (Å²) >= 11 is 0. The molecule has 0 radical (unpaired) electrons. The predicted octanol–water partition coefficient (Wildman–Crippen LogP) is 4.99. The number of carboxylic acids is 1. The first-order chi connectivity index (χ1) is 13.5. The topological polar surface area (TPSA) is 53.4 Å². The van der Waals surface area contributed by atoms with Gasteiger partial charge in [-0.05, 0) is 55.9 Å². The van der Waals surface area contributed by atoms with Crippen molar-refractivity contribution in [2.24, 2.45) is 5.92 Å². The second-order valence-corrected chi connectivity index (χ2v) is 7.89. The zero-order valence-corrected chi connectivity index (χ0v) is 15.7. The lowest BCUT2D eigenvalue weighted by Crippen LogP contribution is -2.35. The summed E-state index contributed by atoms with van der Waals surface area (Å²) in [5, 5.41) is 8.91. The van der Waals surface area contributed by atoms with Gasteiger partial charge in [-0.2, -0.15) is 0 Å². The maximum atomic E-state index is 14.8.